The molecule has 1 aliphatic heterocycles. The maximum absolute atomic E-state index is 14.7. The molecule has 1 saturated carbocycles. The van der Waals surface area contributed by atoms with Crippen molar-refractivity contribution in [2.24, 2.45) is 22.9 Å². The average molecular weight is 906 g/mol. The SMILES string of the molecule is C=CCOC12Oc3ccc(Oc4ccc(-c5ccccc5)cc4)cc3C3C(CCCCO)C(CCCCO)C=C(C(=NOC)CC1N(CCOCCO)C(=O)Oc1ccc([N+](=O)[O-])cc1)C32. The van der Waals surface area contributed by atoms with E-state index in [1.165, 1.54) is 36.3 Å². The van der Waals surface area contributed by atoms with Crippen LogP contribution in [0.5, 0.6) is 23.0 Å². The number of ether oxygens (including phenoxy) is 5. The Morgan fingerprint density at radius 1 is 0.894 bits per heavy atom. The molecule has 0 saturated heterocycles. The van der Waals surface area contributed by atoms with Crippen LogP contribution in [0.15, 0.2) is 127 Å². The molecular formula is C51H59N3O12. The van der Waals surface area contributed by atoms with E-state index in [1.807, 2.05) is 60.7 Å². The number of benzene rings is 4. The van der Waals surface area contributed by atoms with E-state index in [0.717, 1.165) is 47.9 Å². The normalized spacial score (nSPS) is 22.3. The Kier molecular flexibility index (Phi) is 16.6. The summed E-state index contributed by atoms with van der Waals surface area (Å²) in [5, 5.41) is 45.5. The van der Waals surface area contributed by atoms with Gasteiger partial charge in [-0.1, -0.05) is 72.6 Å². The van der Waals surface area contributed by atoms with E-state index in [4.69, 9.17) is 28.5 Å². The van der Waals surface area contributed by atoms with E-state index in [9.17, 15) is 30.2 Å². The number of amides is 1. The van der Waals surface area contributed by atoms with Gasteiger partial charge in [0.25, 0.3) is 5.69 Å². The Bertz CT molecular complexity index is 2300. The fraction of sp³-hybridized carbons (Fsp3) is 0.412. The van der Waals surface area contributed by atoms with Gasteiger partial charge in [-0.2, -0.15) is 0 Å². The standard InChI is InChI=1S/C51H59N3O12/c1-3-29-63-51-47(53(25-30-62-31-28-57)50(58)65-40-21-17-38(18-22-40)54(59)60)34-45(52-61-2)43-32-37(13-7-9-26-55)42(14-8-10-27-56)48(49(43)51)44-33-41(23-24-46(44)66-51)64-39-19-15-36(16-20-39)35-11-5-4-6-12-35/h3-6,11-12,15-24,32-33,37,42,47-49,55-57H,1,7-10,13-14,25-31,34H2,2H3. The van der Waals surface area contributed by atoms with Crippen LogP contribution in [0.4, 0.5) is 10.5 Å². The number of nitro groups is 1. The Morgan fingerprint density at radius 2 is 1.59 bits per heavy atom. The summed E-state index contributed by atoms with van der Waals surface area (Å²) in [6.45, 7) is 3.93. The van der Waals surface area contributed by atoms with Crippen LogP contribution in [-0.4, -0.2) is 102 Å². The number of carbonyl (C=O) groups excluding carboxylic acids is 1. The molecule has 1 heterocycles. The number of rotatable bonds is 23. The number of aliphatic hydroxyl groups excluding tert-OH is 3. The zero-order valence-corrected chi connectivity index (χ0v) is 37.2. The number of hydrogen-bond donors (Lipinski definition) is 3. The Hall–Kier alpha value is -6.10. The number of unbranched alkanes of at least 4 members (excludes halogenated alkanes) is 2. The van der Waals surface area contributed by atoms with Gasteiger partial charge in [0.2, 0.25) is 5.79 Å². The summed E-state index contributed by atoms with van der Waals surface area (Å²) >= 11 is 0. The van der Waals surface area contributed by atoms with Crippen molar-refractivity contribution in [3.63, 3.8) is 0 Å². The predicted molar refractivity (Wildman–Crippen MR) is 248 cm³/mol. The van der Waals surface area contributed by atoms with Crippen LogP contribution >= 0.6 is 0 Å². The smallest absolute Gasteiger partial charge is 0.415 e. The van der Waals surface area contributed by atoms with Crippen molar-refractivity contribution in [3.05, 3.63) is 137 Å². The molecule has 0 spiro atoms. The Balaban J connectivity index is 1.37. The van der Waals surface area contributed by atoms with Crippen molar-refractivity contribution in [2.75, 3.05) is 53.3 Å². The van der Waals surface area contributed by atoms with Gasteiger partial charge in [-0.25, -0.2) is 4.79 Å². The summed E-state index contributed by atoms with van der Waals surface area (Å²) in [4.78, 5) is 32.6. The van der Waals surface area contributed by atoms with Gasteiger partial charge in [0.1, 0.15) is 36.1 Å². The van der Waals surface area contributed by atoms with Gasteiger partial charge >= 0.3 is 6.09 Å². The van der Waals surface area contributed by atoms with Crippen LogP contribution in [0.2, 0.25) is 0 Å². The first-order valence-corrected chi connectivity index (χ1v) is 22.6. The number of allylic oxidation sites excluding steroid dienone is 1. The molecule has 1 amide bonds. The monoisotopic (exact) mass is 905 g/mol. The lowest BCUT2D eigenvalue weighted by molar-refractivity contribution is -0.384. The van der Waals surface area contributed by atoms with Gasteiger partial charge < -0.3 is 43.8 Å². The highest BCUT2D eigenvalue weighted by molar-refractivity contribution is 6.03. The third kappa shape index (κ3) is 10.8. The lowest BCUT2D eigenvalue weighted by atomic mass is 9.55. The van der Waals surface area contributed by atoms with Gasteiger partial charge in [0, 0.05) is 49.8 Å². The minimum atomic E-state index is -1.59. The quantitative estimate of drug-likeness (QED) is 0.0278. The van der Waals surface area contributed by atoms with Gasteiger partial charge in [-0.3, -0.25) is 15.0 Å². The fourth-order valence-electron chi connectivity index (χ4n) is 9.80. The summed E-state index contributed by atoms with van der Waals surface area (Å²) in [6, 6.07) is 28.1. The van der Waals surface area contributed by atoms with Crippen molar-refractivity contribution >= 4 is 17.5 Å². The molecule has 0 radical (unpaired) electrons. The van der Waals surface area contributed by atoms with Crippen molar-refractivity contribution in [1.82, 2.24) is 4.90 Å². The first-order chi connectivity index (χ1) is 32.2. The molecule has 1 fully saturated rings. The predicted octanol–water partition coefficient (Wildman–Crippen LogP) is 8.83. The van der Waals surface area contributed by atoms with Crippen LogP contribution in [0, 0.1) is 27.9 Å². The first kappa shape index (κ1) is 47.9. The van der Waals surface area contributed by atoms with Crippen LogP contribution in [0.25, 0.3) is 11.1 Å². The molecule has 2 aliphatic carbocycles. The van der Waals surface area contributed by atoms with E-state index in [2.05, 4.69) is 29.9 Å². The number of carbonyl (C=O) groups is 1. The molecule has 350 valence electrons. The van der Waals surface area contributed by atoms with E-state index < -0.39 is 28.8 Å². The molecule has 7 rings (SSSR count). The number of non-ortho nitro benzene ring substituents is 1. The lowest BCUT2D eigenvalue weighted by Crippen LogP contribution is -2.70. The zero-order valence-electron chi connectivity index (χ0n) is 37.2. The molecule has 15 heteroatoms. The Labute approximate surface area is 385 Å². The number of fused-ring (bicyclic) bond motifs is 2. The second-order valence-electron chi connectivity index (χ2n) is 16.6. The van der Waals surface area contributed by atoms with Gasteiger partial charge in [0.15, 0.2) is 0 Å². The molecule has 0 bridgehead atoms. The van der Waals surface area contributed by atoms with Gasteiger partial charge in [-0.15, -0.1) is 6.58 Å². The Morgan fingerprint density at radius 3 is 2.27 bits per heavy atom. The third-order valence-electron chi connectivity index (χ3n) is 12.6. The van der Waals surface area contributed by atoms with Gasteiger partial charge in [0.05, 0.1) is 43.0 Å². The highest BCUT2D eigenvalue weighted by Gasteiger charge is 2.65. The van der Waals surface area contributed by atoms with Crippen molar-refractivity contribution in [3.8, 4) is 34.1 Å². The second-order valence-corrected chi connectivity index (χ2v) is 16.6. The lowest BCUT2D eigenvalue weighted by Gasteiger charge is -2.59. The first-order valence-electron chi connectivity index (χ1n) is 22.6. The number of nitrogens with zero attached hydrogens (tertiary/aromatic N) is 3. The number of nitro benzene ring substituents is 1. The van der Waals surface area contributed by atoms with E-state index in [-0.39, 0.29) is 81.8 Å². The van der Waals surface area contributed by atoms with Crippen LogP contribution in [-0.2, 0) is 14.3 Å². The van der Waals surface area contributed by atoms with Crippen LogP contribution in [0.3, 0.4) is 0 Å². The maximum Gasteiger partial charge on any atom is 0.415 e. The summed E-state index contributed by atoms with van der Waals surface area (Å²) in [5.74, 6) is -0.658. The molecule has 6 atom stereocenters. The van der Waals surface area contributed by atoms with Crippen molar-refractivity contribution in [1.29, 1.82) is 0 Å². The average Bonchev–Trinajstić information content (AvgIpc) is 3.33. The van der Waals surface area contributed by atoms with E-state index in [1.54, 1.807) is 6.08 Å². The molecule has 0 aromatic heterocycles. The summed E-state index contributed by atoms with van der Waals surface area (Å²) in [5.41, 5.74) is 4.30. The molecule has 3 N–H and O–H groups in total. The highest BCUT2D eigenvalue weighted by Crippen LogP contribution is 2.62. The minimum absolute atomic E-state index is 0.0117. The molecule has 15 nitrogen and oxygen atoms in total. The van der Waals surface area contributed by atoms with Crippen molar-refractivity contribution < 1.29 is 53.6 Å². The van der Waals surface area contributed by atoms with E-state index >= 15 is 0 Å². The molecule has 66 heavy (non-hydrogen) atoms. The number of oxime groups is 1. The molecule has 4 aromatic rings. The largest absolute Gasteiger partial charge is 0.459 e. The number of aliphatic hydroxyl groups is 3. The number of hydrogen-bond acceptors (Lipinski definition) is 13. The molecular weight excluding hydrogens is 847 g/mol. The topological polar surface area (TPSA) is 192 Å². The zero-order chi connectivity index (χ0) is 46.5. The van der Waals surface area contributed by atoms with Gasteiger partial charge in [-0.05, 0) is 96.7 Å². The maximum atomic E-state index is 14.7. The van der Waals surface area contributed by atoms with Crippen LogP contribution in [0.1, 0.15) is 56.4 Å². The fourth-order valence-corrected chi connectivity index (χ4v) is 9.80. The van der Waals surface area contributed by atoms with E-state index in [0.29, 0.717) is 35.8 Å². The van der Waals surface area contributed by atoms with Crippen molar-refractivity contribution in [2.45, 2.75) is 62.7 Å². The minimum Gasteiger partial charge on any atom is -0.459 e. The molecule has 6 unspecified atom stereocenters. The summed E-state index contributed by atoms with van der Waals surface area (Å²) in [6.07, 6.45) is 7.45. The summed E-state index contributed by atoms with van der Waals surface area (Å²) in [7, 11) is 1.47. The highest BCUT2D eigenvalue weighted by atomic mass is 16.7. The molecule has 4 aromatic carbocycles. The summed E-state index contributed by atoms with van der Waals surface area (Å²) < 4.78 is 32.6. The third-order valence-corrected chi connectivity index (χ3v) is 12.6. The molecule has 3 aliphatic rings. The second kappa shape index (κ2) is 22.9. The van der Waals surface area contributed by atoms with Crippen LogP contribution < -0.4 is 14.2 Å².